The number of nitrogens with zero attached hydrogens (tertiary/aromatic N) is 3. The third-order valence-electron chi connectivity index (χ3n) is 5.58. The van der Waals surface area contributed by atoms with Crippen LogP contribution in [-0.4, -0.2) is 25.4 Å². The van der Waals surface area contributed by atoms with E-state index in [2.05, 4.69) is 72.0 Å². The van der Waals surface area contributed by atoms with Crippen molar-refractivity contribution in [2.24, 2.45) is 0 Å². The first-order valence-corrected chi connectivity index (χ1v) is 11.9. The highest BCUT2D eigenvalue weighted by atomic mass is 79.9. The minimum Gasteiger partial charge on any atom is -0.476 e. The van der Waals surface area contributed by atoms with E-state index in [1.54, 1.807) is 10.7 Å². The lowest BCUT2D eigenvalue weighted by Gasteiger charge is -2.07. The van der Waals surface area contributed by atoms with Crippen molar-refractivity contribution in [3.8, 4) is 11.3 Å². The van der Waals surface area contributed by atoms with Gasteiger partial charge in [-0.2, -0.15) is 5.10 Å². The van der Waals surface area contributed by atoms with Crippen molar-refractivity contribution in [2.75, 3.05) is 0 Å². The predicted molar refractivity (Wildman–Crippen MR) is 137 cm³/mol. The van der Waals surface area contributed by atoms with Gasteiger partial charge in [-0.1, -0.05) is 74.3 Å². The zero-order valence-corrected chi connectivity index (χ0v) is 20.6. The minimum absolute atomic E-state index is 0.0341. The zero-order valence-electron chi connectivity index (χ0n) is 17.5. The van der Waals surface area contributed by atoms with Crippen molar-refractivity contribution in [1.29, 1.82) is 0 Å². The second-order valence-electron chi connectivity index (χ2n) is 7.82. The van der Waals surface area contributed by atoms with Gasteiger partial charge in [0.05, 0.1) is 12.2 Å². The summed E-state index contributed by atoms with van der Waals surface area (Å²) < 4.78 is 6.01. The lowest BCUT2D eigenvalue weighted by atomic mass is 10.1. The zero-order chi connectivity index (χ0) is 22.9. The number of para-hydroxylation sites is 1. The first-order valence-electron chi connectivity index (χ1n) is 10.4. The van der Waals surface area contributed by atoms with Crippen LogP contribution in [0.2, 0.25) is 0 Å². The maximum absolute atomic E-state index is 11.7. The fourth-order valence-corrected chi connectivity index (χ4v) is 4.52. The van der Waals surface area contributed by atoms with Crippen molar-refractivity contribution in [1.82, 2.24) is 14.3 Å². The van der Waals surface area contributed by atoms with E-state index in [0.717, 1.165) is 36.7 Å². The SMILES string of the molecule is O=C(O)c1cc(-c2cn(Cc3ccc(Br)cc3)c3ccccc23)n(Cc2ccc(Br)cc2)n1. The second kappa shape index (κ2) is 9.00. The smallest absolute Gasteiger partial charge is 0.356 e. The number of carbonyl (C=O) groups is 1. The molecule has 0 aliphatic rings. The largest absolute Gasteiger partial charge is 0.476 e. The Hall–Kier alpha value is -3.16. The molecule has 0 unspecified atom stereocenters. The van der Waals surface area contributed by atoms with E-state index in [1.807, 2.05) is 48.5 Å². The van der Waals surface area contributed by atoms with Gasteiger partial charge < -0.3 is 9.67 Å². The molecule has 0 saturated heterocycles. The number of hydrogen-bond acceptors (Lipinski definition) is 2. The van der Waals surface area contributed by atoms with Crippen LogP contribution in [0.4, 0.5) is 0 Å². The number of fused-ring (bicyclic) bond motifs is 1. The van der Waals surface area contributed by atoms with Gasteiger partial charge in [0, 0.05) is 38.2 Å². The van der Waals surface area contributed by atoms with Crippen LogP contribution >= 0.6 is 31.9 Å². The van der Waals surface area contributed by atoms with Crippen molar-refractivity contribution < 1.29 is 9.90 Å². The molecule has 0 radical (unpaired) electrons. The minimum atomic E-state index is -1.04. The van der Waals surface area contributed by atoms with Gasteiger partial charge in [0.25, 0.3) is 0 Å². The highest BCUT2D eigenvalue weighted by Crippen LogP contribution is 2.32. The Morgan fingerprint density at radius 1 is 0.848 bits per heavy atom. The first kappa shape index (κ1) is 21.7. The maximum atomic E-state index is 11.7. The average Bonchev–Trinajstić information content (AvgIpc) is 3.39. The quantitative estimate of drug-likeness (QED) is 0.246. The van der Waals surface area contributed by atoms with Gasteiger partial charge in [0.1, 0.15) is 0 Å². The van der Waals surface area contributed by atoms with Gasteiger partial charge in [-0.15, -0.1) is 0 Å². The van der Waals surface area contributed by atoms with Gasteiger partial charge in [0.2, 0.25) is 0 Å². The Bertz CT molecular complexity index is 1450. The van der Waals surface area contributed by atoms with Crippen LogP contribution in [-0.2, 0) is 13.1 Å². The van der Waals surface area contributed by atoms with Crippen molar-refractivity contribution in [3.63, 3.8) is 0 Å². The van der Waals surface area contributed by atoms with Crippen LogP contribution in [0.15, 0.2) is 94.0 Å². The van der Waals surface area contributed by atoms with Crippen LogP contribution in [0.5, 0.6) is 0 Å². The molecule has 0 bridgehead atoms. The molecule has 2 aromatic heterocycles. The number of hydrogen-bond donors (Lipinski definition) is 1. The van der Waals surface area contributed by atoms with E-state index < -0.39 is 5.97 Å². The molecule has 0 spiro atoms. The summed E-state index contributed by atoms with van der Waals surface area (Å²) in [5.74, 6) is -1.04. The topological polar surface area (TPSA) is 60.0 Å². The Morgan fingerprint density at radius 2 is 1.45 bits per heavy atom. The van der Waals surface area contributed by atoms with E-state index in [0.29, 0.717) is 13.1 Å². The maximum Gasteiger partial charge on any atom is 0.356 e. The number of aromatic nitrogens is 3. The molecule has 7 heteroatoms. The third kappa shape index (κ3) is 4.51. The molecular formula is C26H19Br2N3O2. The summed E-state index contributed by atoms with van der Waals surface area (Å²) >= 11 is 6.95. The fraction of sp³-hybridized carbons (Fsp3) is 0.0769. The van der Waals surface area contributed by atoms with E-state index in [4.69, 9.17) is 0 Å². The summed E-state index contributed by atoms with van der Waals surface area (Å²) in [6, 6.07) is 26.1. The molecule has 5 rings (SSSR count). The molecule has 0 aliphatic carbocycles. The number of carboxylic acids is 1. The van der Waals surface area contributed by atoms with Crippen molar-refractivity contribution in [3.05, 3.63) is 111 Å². The normalized spacial score (nSPS) is 11.2. The summed E-state index contributed by atoms with van der Waals surface area (Å²) in [7, 11) is 0. The molecule has 0 aliphatic heterocycles. The lowest BCUT2D eigenvalue weighted by Crippen LogP contribution is -2.05. The third-order valence-corrected chi connectivity index (χ3v) is 6.63. The van der Waals surface area contributed by atoms with Gasteiger partial charge in [-0.25, -0.2) is 4.79 Å². The highest BCUT2D eigenvalue weighted by molar-refractivity contribution is 9.10. The van der Waals surface area contributed by atoms with Crippen LogP contribution < -0.4 is 0 Å². The summed E-state index contributed by atoms with van der Waals surface area (Å²) in [6.07, 6.45) is 2.09. The number of halogens is 2. The molecule has 5 nitrogen and oxygen atoms in total. The molecule has 2 heterocycles. The van der Waals surface area contributed by atoms with E-state index in [-0.39, 0.29) is 5.69 Å². The van der Waals surface area contributed by atoms with Crippen LogP contribution in [0, 0.1) is 0 Å². The molecule has 5 aromatic rings. The molecule has 0 atom stereocenters. The van der Waals surface area contributed by atoms with Gasteiger partial charge in [-0.3, -0.25) is 4.68 Å². The number of benzene rings is 3. The second-order valence-corrected chi connectivity index (χ2v) is 9.65. The lowest BCUT2D eigenvalue weighted by molar-refractivity contribution is 0.0689. The summed E-state index contributed by atoms with van der Waals surface area (Å²) in [5.41, 5.74) is 5.08. The summed E-state index contributed by atoms with van der Waals surface area (Å²) in [6.45, 7) is 1.18. The first-order chi connectivity index (χ1) is 16.0. The molecule has 0 saturated carbocycles. The Morgan fingerprint density at radius 3 is 2.09 bits per heavy atom. The molecule has 0 amide bonds. The molecular weight excluding hydrogens is 546 g/mol. The van der Waals surface area contributed by atoms with Crippen LogP contribution in [0.1, 0.15) is 21.6 Å². The summed E-state index contributed by atoms with van der Waals surface area (Å²) in [4.78, 5) is 11.7. The number of carboxylic acid groups (broad SMARTS) is 1. The van der Waals surface area contributed by atoms with Crippen molar-refractivity contribution >= 4 is 48.7 Å². The number of rotatable bonds is 6. The molecule has 33 heavy (non-hydrogen) atoms. The molecule has 3 aromatic carbocycles. The Balaban J connectivity index is 1.61. The van der Waals surface area contributed by atoms with Gasteiger partial charge >= 0.3 is 5.97 Å². The fourth-order valence-electron chi connectivity index (χ4n) is 3.99. The Kier molecular flexibility index (Phi) is 5.91. The molecule has 0 fully saturated rings. The average molecular weight is 565 g/mol. The van der Waals surface area contributed by atoms with E-state index in [9.17, 15) is 9.90 Å². The van der Waals surface area contributed by atoms with Gasteiger partial charge in [0.15, 0.2) is 5.69 Å². The monoisotopic (exact) mass is 563 g/mol. The van der Waals surface area contributed by atoms with Gasteiger partial charge in [-0.05, 0) is 47.5 Å². The van der Waals surface area contributed by atoms with Crippen molar-refractivity contribution in [2.45, 2.75) is 13.1 Å². The highest BCUT2D eigenvalue weighted by Gasteiger charge is 2.19. The van der Waals surface area contributed by atoms with Crippen LogP contribution in [0.25, 0.3) is 22.2 Å². The Labute approximate surface area is 207 Å². The molecule has 164 valence electrons. The summed E-state index contributed by atoms with van der Waals surface area (Å²) in [5, 5.41) is 15.1. The predicted octanol–water partition coefficient (Wildman–Crippen LogP) is 6.82. The molecule has 1 N–H and O–H groups in total. The number of aromatic carboxylic acids is 1. The van der Waals surface area contributed by atoms with E-state index in [1.165, 1.54) is 5.56 Å². The standard InChI is InChI=1S/C26H19Br2N3O2/c27-19-9-5-17(6-10-19)14-30-16-22(21-3-1-2-4-24(21)30)25-13-23(26(32)33)29-31(25)15-18-7-11-20(28)12-8-18/h1-13,16H,14-15H2,(H,32,33). The van der Waals surface area contributed by atoms with Crippen LogP contribution in [0.3, 0.4) is 0 Å². The van der Waals surface area contributed by atoms with E-state index >= 15 is 0 Å².